The van der Waals surface area contributed by atoms with Crippen LogP contribution in [-0.4, -0.2) is 96.7 Å². The summed E-state index contributed by atoms with van der Waals surface area (Å²) in [7, 11) is -9.92. The van der Waals surface area contributed by atoms with Crippen molar-refractivity contribution in [3.8, 4) is 0 Å². The summed E-state index contributed by atoms with van der Waals surface area (Å²) in [5.41, 5.74) is 0. The summed E-state index contributed by atoms with van der Waals surface area (Å²) in [6, 6.07) is 0. The third-order valence-corrected chi connectivity index (χ3v) is 20.4. The Morgan fingerprint density at radius 2 is 0.526 bits per heavy atom. The maximum atomic E-state index is 13.1. The molecule has 0 aromatic heterocycles. The van der Waals surface area contributed by atoms with Gasteiger partial charge in [0.1, 0.15) is 19.3 Å². The van der Waals surface area contributed by atoms with E-state index in [0.717, 1.165) is 108 Å². The molecule has 0 aliphatic rings. The highest BCUT2D eigenvalue weighted by molar-refractivity contribution is 7.47. The number of ether oxygens (including phenoxy) is 4. The predicted octanol–water partition coefficient (Wildman–Crippen LogP) is 23.0. The van der Waals surface area contributed by atoms with Crippen LogP contribution in [0.1, 0.15) is 402 Å². The van der Waals surface area contributed by atoms with E-state index < -0.39 is 97.5 Å². The molecule has 576 valence electrons. The van der Waals surface area contributed by atoms with Gasteiger partial charge in [-0.25, -0.2) is 9.13 Å². The van der Waals surface area contributed by atoms with Crippen LogP contribution in [0.2, 0.25) is 0 Å². The first-order valence-electron chi connectivity index (χ1n) is 40.4. The summed E-state index contributed by atoms with van der Waals surface area (Å²) in [6.07, 6.45) is 55.5. The van der Waals surface area contributed by atoms with E-state index in [2.05, 4.69) is 48.5 Å². The average molecular weight is 1420 g/mol. The Morgan fingerprint density at radius 3 is 0.784 bits per heavy atom. The van der Waals surface area contributed by atoms with Crippen LogP contribution in [0.4, 0.5) is 0 Å². The van der Waals surface area contributed by atoms with Crippen LogP contribution >= 0.6 is 15.6 Å². The zero-order valence-electron chi connectivity index (χ0n) is 63.5. The van der Waals surface area contributed by atoms with Crippen molar-refractivity contribution in [2.45, 2.75) is 420 Å². The predicted molar refractivity (Wildman–Crippen MR) is 395 cm³/mol. The Labute approximate surface area is 594 Å². The van der Waals surface area contributed by atoms with Crippen molar-refractivity contribution in [3.63, 3.8) is 0 Å². The number of aliphatic hydroxyl groups is 1. The molecule has 0 saturated carbocycles. The number of esters is 4. The van der Waals surface area contributed by atoms with E-state index in [9.17, 15) is 43.2 Å². The molecule has 0 aliphatic heterocycles. The SMILES string of the molecule is CCCCCCCCCCCCCCCCCCC(=O)OC[C@H](COP(=O)(O)OC[C@@H](O)COP(=O)(O)OC[C@@H](COC(=O)CCCCCCCCCCC(C)C)OC(=O)CCCCCCCCCCC(C)CC)OC(=O)CCCCCCCCCCCCCCCCCC(C)C. The zero-order valence-corrected chi connectivity index (χ0v) is 65.3. The number of phosphoric ester groups is 2. The Kier molecular flexibility index (Phi) is 67.1. The van der Waals surface area contributed by atoms with Crippen LogP contribution in [0.5, 0.6) is 0 Å². The number of carbonyl (C=O) groups excluding carboxylic acids is 4. The monoisotopic (exact) mass is 1420 g/mol. The lowest BCUT2D eigenvalue weighted by Gasteiger charge is -2.21. The molecule has 0 saturated heterocycles. The second-order valence-electron chi connectivity index (χ2n) is 29.3. The molecule has 0 aliphatic carbocycles. The van der Waals surface area contributed by atoms with Crippen LogP contribution in [0.15, 0.2) is 0 Å². The van der Waals surface area contributed by atoms with E-state index in [0.29, 0.717) is 25.7 Å². The van der Waals surface area contributed by atoms with Gasteiger partial charge in [-0.15, -0.1) is 0 Å². The molecule has 0 heterocycles. The maximum Gasteiger partial charge on any atom is 0.472 e. The summed E-state index contributed by atoms with van der Waals surface area (Å²) in [4.78, 5) is 72.9. The second-order valence-corrected chi connectivity index (χ2v) is 32.2. The normalized spacial score (nSPS) is 14.3. The molecule has 97 heavy (non-hydrogen) atoms. The van der Waals surface area contributed by atoms with E-state index in [4.69, 9.17) is 37.0 Å². The Hall–Kier alpha value is -1.94. The molecular weight excluding hydrogens is 1270 g/mol. The number of aliphatic hydroxyl groups excluding tert-OH is 1. The summed E-state index contributed by atoms with van der Waals surface area (Å²) in [5, 5.41) is 10.6. The quantitative estimate of drug-likeness (QED) is 0.0222. The third-order valence-electron chi connectivity index (χ3n) is 18.5. The van der Waals surface area contributed by atoms with Crippen molar-refractivity contribution in [2.24, 2.45) is 17.8 Å². The molecule has 19 heteroatoms. The molecular formula is C78H152O17P2. The minimum absolute atomic E-state index is 0.104. The third kappa shape index (κ3) is 70.9. The highest BCUT2D eigenvalue weighted by Crippen LogP contribution is 2.45. The second kappa shape index (κ2) is 68.5. The van der Waals surface area contributed by atoms with Gasteiger partial charge in [-0.2, -0.15) is 0 Å². The number of unbranched alkanes of at least 4 members (excludes halogenated alkanes) is 43. The van der Waals surface area contributed by atoms with Crippen molar-refractivity contribution in [1.29, 1.82) is 0 Å². The lowest BCUT2D eigenvalue weighted by Crippen LogP contribution is -2.30. The minimum atomic E-state index is -4.96. The van der Waals surface area contributed by atoms with Gasteiger partial charge in [0, 0.05) is 25.7 Å². The fourth-order valence-corrected chi connectivity index (χ4v) is 13.5. The average Bonchev–Trinajstić information content (AvgIpc) is 2.03. The fraction of sp³-hybridized carbons (Fsp3) is 0.949. The van der Waals surface area contributed by atoms with Crippen LogP contribution in [0, 0.1) is 17.8 Å². The maximum absolute atomic E-state index is 13.1. The molecule has 0 aromatic rings. The van der Waals surface area contributed by atoms with Gasteiger partial charge in [0.25, 0.3) is 0 Å². The number of phosphoric acid groups is 2. The molecule has 3 N–H and O–H groups in total. The molecule has 0 spiro atoms. The molecule has 0 fully saturated rings. The van der Waals surface area contributed by atoms with Gasteiger partial charge in [-0.05, 0) is 43.4 Å². The largest absolute Gasteiger partial charge is 0.472 e. The molecule has 0 aromatic carbocycles. The minimum Gasteiger partial charge on any atom is -0.462 e. The van der Waals surface area contributed by atoms with Gasteiger partial charge in [0.15, 0.2) is 12.2 Å². The van der Waals surface area contributed by atoms with Crippen molar-refractivity contribution in [3.05, 3.63) is 0 Å². The summed E-state index contributed by atoms with van der Waals surface area (Å²) in [5.74, 6) is 0.182. The number of carbonyl (C=O) groups is 4. The molecule has 3 unspecified atom stereocenters. The first kappa shape index (κ1) is 95.1. The van der Waals surface area contributed by atoms with E-state index >= 15 is 0 Å². The van der Waals surface area contributed by atoms with Gasteiger partial charge in [-0.1, -0.05) is 350 Å². The van der Waals surface area contributed by atoms with Crippen molar-refractivity contribution < 1.29 is 80.2 Å². The lowest BCUT2D eigenvalue weighted by molar-refractivity contribution is -0.161. The Bertz CT molecular complexity index is 1890. The molecule has 0 radical (unpaired) electrons. The number of hydrogen-bond acceptors (Lipinski definition) is 15. The van der Waals surface area contributed by atoms with E-state index in [1.165, 1.54) is 212 Å². The highest BCUT2D eigenvalue weighted by Gasteiger charge is 2.30. The molecule has 6 atom stereocenters. The van der Waals surface area contributed by atoms with Crippen molar-refractivity contribution >= 4 is 39.5 Å². The van der Waals surface area contributed by atoms with Gasteiger partial charge >= 0.3 is 39.5 Å². The van der Waals surface area contributed by atoms with Gasteiger partial charge in [0.2, 0.25) is 0 Å². The first-order chi connectivity index (χ1) is 46.8. The van der Waals surface area contributed by atoms with Crippen LogP contribution < -0.4 is 0 Å². The van der Waals surface area contributed by atoms with E-state index in [1.54, 1.807) is 0 Å². The fourth-order valence-electron chi connectivity index (χ4n) is 11.9. The number of rotatable bonds is 76. The first-order valence-corrected chi connectivity index (χ1v) is 43.4. The van der Waals surface area contributed by atoms with Crippen LogP contribution in [0.25, 0.3) is 0 Å². The van der Waals surface area contributed by atoms with Gasteiger partial charge in [0.05, 0.1) is 26.4 Å². The summed E-state index contributed by atoms with van der Waals surface area (Å²) in [6.45, 7) is 11.9. The molecule has 0 rings (SSSR count). The number of hydrogen-bond donors (Lipinski definition) is 3. The van der Waals surface area contributed by atoms with Crippen molar-refractivity contribution in [2.75, 3.05) is 39.6 Å². The van der Waals surface area contributed by atoms with Crippen molar-refractivity contribution in [1.82, 2.24) is 0 Å². The van der Waals surface area contributed by atoms with Crippen LogP contribution in [0.3, 0.4) is 0 Å². The summed E-state index contributed by atoms with van der Waals surface area (Å²) < 4.78 is 68.6. The molecule has 0 bridgehead atoms. The Morgan fingerprint density at radius 1 is 0.299 bits per heavy atom. The standard InChI is InChI=1S/C78H152O17P2/c1-8-10-11-12-13-14-15-16-17-20-23-26-29-38-45-52-59-75(80)88-65-73(94-77(82)61-54-47-40-30-27-24-21-18-19-22-25-28-35-42-49-56-69(3)4)67-92-96(84,85)90-63-72(79)64-91-97(86,87)93-68-74(66-89-76(81)60-53-46-39-33-31-36-43-50-57-70(5)6)95-78(83)62-55-48-41-34-32-37-44-51-58-71(7)9-2/h69-74,79H,8-68H2,1-7H3,(H,84,85)(H,86,87)/t71?,72-,73-,74-/m1/s1. The topological polar surface area (TPSA) is 237 Å². The van der Waals surface area contributed by atoms with E-state index in [1.807, 2.05) is 0 Å². The molecule has 17 nitrogen and oxygen atoms in total. The molecule has 0 amide bonds. The smallest absolute Gasteiger partial charge is 0.462 e. The zero-order chi connectivity index (χ0) is 71.6. The van der Waals surface area contributed by atoms with Crippen LogP contribution in [-0.2, 0) is 65.4 Å². The Balaban J connectivity index is 5.25. The summed E-state index contributed by atoms with van der Waals surface area (Å²) >= 11 is 0. The van der Waals surface area contributed by atoms with Gasteiger partial charge in [-0.3, -0.25) is 37.3 Å². The lowest BCUT2D eigenvalue weighted by atomic mass is 9.99. The van der Waals surface area contributed by atoms with Gasteiger partial charge < -0.3 is 33.8 Å². The highest BCUT2D eigenvalue weighted by atomic mass is 31.2. The van der Waals surface area contributed by atoms with E-state index in [-0.39, 0.29) is 25.7 Å².